The Morgan fingerprint density at radius 3 is 2.57 bits per heavy atom. The predicted octanol–water partition coefficient (Wildman–Crippen LogP) is 2.48. The van der Waals surface area contributed by atoms with Crippen LogP contribution < -0.4 is 0 Å². The molecular weight excluding hydrogens is 292 g/mol. The topological polar surface area (TPSA) is 49.9 Å². The van der Waals surface area contributed by atoms with E-state index in [-0.39, 0.29) is 17.9 Å². The molecule has 1 aromatic rings. The van der Waals surface area contributed by atoms with Crippen LogP contribution in [0.15, 0.2) is 30.3 Å². The lowest BCUT2D eigenvalue weighted by molar-refractivity contribution is -0.173. The van der Waals surface area contributed by atoms with Gasteiger partial charge in [-0.05, 0) is 37.3 Å². The van der Waals surface area contributed by atoms with Gasteiger partial charge in [-0.3, -0.25) is 14.4 Å². The van der Waals surface area contributed by atoms with Crippen molar-refractivity contribution in [3.63, 3.8) is 0 Å². The van der Waals surface area contributed by atoms with Crippen molar-refractivity contribution < 1.29 is 14.4 Å². The molecule has 1 saturated carbocycles. The van der Waals surface area contributed by atoms with Crippen LogP contribution in [0.3, 0.4) is 0 Å². The summed E-state index contributed by atoms with van der Waals surface area (Å²) in [6, 6.07) is 9.02. The number of hydrogen-bond donors (Lipinski definition) is 0. The van der Waals surface area contributed by atoms with Crippen LogP contribution in [0.2, 0.25) is 0 Å². The average molecular weight is 316 g/mol. The van der Waals surface area contributed by atoms with Crippen molar-refractivity contribution in [2.45, 2.75) is 44.2 Å². The van der Waals surface area contributed by atoms with Crippen molar-refractivity contribution in [1.29, 1.82) is 0 Å². The minimum Gasteiger partial charge on any atom is -0.323 e. The monoisotopic (exact) mass is 316 g/mol. The number of amides is 2. The fourth-order valence-electron chi connectivity index (χ4n) is 4.00. The normalized spacial score (nSPS) is 26.7. The van der Waals surface area contributed by atoms with Crippen molar-refractivity contribution in [3.8, 4) is 0 Å². The number of rotatable bonds is 3. The van der Waals surface area contributed by atoms with Gasteiger partial charge in [0.15, 0.2) is 0 Å². The van der Waals surface area contributed by atoms with E-state index < -0.39 is 6.04 Å². The highest BCUT2D eigenvalue weighted by Gasteiger charge is 2.48. The number of likely N-dealkylation sites (N-methyl/N-ethyl adjacent to an activating group) is 1. The third kappa shape index (κ3) is 2.98. The van der Waals surface area contributed by atoms with E-state index in [1.807, 2.05) is 35.2 Å². The third-order valence-electron chi connectivity index (χ3n) is 5.21. The van der Waals surface area contributed by atoms with Crippen molar-refractivity contribution >= 4 is 11.8 Å². The molecule has 1 aliphatic heterocycles. The van der Waals surface area contributed by atoms with E-state index in [0.29, 0.717) is 11.5 Å². The number of hydroxylamine groups is 2. The number of benzene rings is 1. The Morgan fingerprint density at radius 1 is 1.17 bits per heavy atom. The van der Waals surface area contributed by atoms with Crippen molar-refractivity contribution in [3.05, 3.63) is 35.9 Å². The Labute approximate surface area is 137 Å². The lowest BCUT2D eigenvalue weighted by Crippen LogP contribution is -2.49. The highest BCUT2D eigenvalue weighted by Crippen LogP contribution is 2.40. The molecule has 23 heavy (non-hydrogen) atoms. The maximum atomic E-state index is 13.0. The largest absolute Gasteiger partial charge is 0.323 e. The first-order valence-electron chi connectivity index (χ1n) is 8.33. The molecule has 5 heteroatoms. The van der Waals surface area contributed by atoms with Crippen LogP contribution in [0.5, 0.6) is 0 Å². The molecule has 0 spiro atoms. The van der Waals surface area contributed by atoms with Crippen molar-refractivity contribution in [2.24, 2.45) is 5.92 Å². The summed E-state index contributed by atoms with van der Waals surface area (Å²) in [5.74, 6) is 0.254. The number of hydrogen-bond acceptors (Lipinski definition) is 3. The molecular formula is C18H24N2O3. The molecule has 5 nitrogen and oxygen atoms in total. The molecule has 2 amide bonds. The van der Waals surface area contributed by atoms with E-state index in [0.717, 1.165) is 25.7 Å². The number of carbonyl (C=O) groups excluding carboxylic acids is 2. The Balaban J connectivity index is 1.91. The molecule has 3 rings (SSSR count). The maximum Gasteiger partial charge on any atom is 0.268 e. The van der Waals surface area contributed by atoms with Gasteiger partial charge >= 0.3 is 0 Å². The minimum absolute atomic E-state index is 0.0390. The molecule has 0 unspecified atom stereocenters. The van der Waals surface area contributed by atoms with Crippen LogP contribution in [0.4, 0.5) is 0 Å². The summed E-state index contributed by atoms with van der Waals surface area (Å²) in [4.78, 5) is 32.6. The zero-order chi connectivity index (χ0) is 16.4. The second-order valence-electron chi connectivity index (χ2n) is 6.46. The van der Waals surface area contributed by atoms with Crippen LogP contribution in [-0.4, -0.2) is 48.0 Å². The summed E-state index contributed by atoms with van der Waals surface area (Å²) >= 11 is 0. The Bertz CT molecular complexity index is 575. The number of likely N-dealkylation sites (tertiary alicyclic amines) is 1. The number of fused-ring (bicyclic) bond motifs is 1. The average Bonchev–Trinajstić information content (AvgIpc) is 2.99. The zero-order valence-electron chi connectivity index (χ0n) is 13.8. The Morgan fingerprint density at radius 2 is 1.87 bits per heavy atom. The lowest BCUT2D eigenvalue weighted by atomic mass is 9.84. The van der Waals surface area contributed by atoms with Gasteiger partial charge in [0.2, 0.25) is 0 Å². The van der Waals surface area contributed by atoms with E-state index >= 15 is 0 Å². The lowest BCUT2D eigenvalue weighted by Gasteiger charge is -2.34. The van der Waals surface area contributed by atoms with E-state index in [9.17, 15) is 9.59 Å². The van der Waals surface area contributed by atoms with E-state index in [4.69, 9.17) is 4.84 Å². The molecule has 2 aliphatic rings. The Kier molecular flexibility index (Phi) is 4.66. The number of nitrogens with zero attached hydrogens (tertiary/aromatic N) is 2. The SMILES string of the molecule is CON(C)C(=O)[C@@H]1C[C@H]2CCCC[C@@H]2N1C(=O)c1ccccc1. The van der Waals surface area contributed by atoms with Crippen LogP contribution >= 0.6 is 0 Å². The second-order valence-corrected chi connectivity index (χ2v) is 6.46. The summed E-state index contributed by atoms with van der Waals surface area (Å²) in [7, 11) is 3.08. The van der Waals surface area contributed by atoms with Crippen LogP contribution in [0, 0.1) is 5.92 Å². The standard InChI is InChI=1S/C18H24N2O3/c1-19(23-2)18(22)16-12-14-10-6-7-11-15(14)20(16)17(21)13-8-4-3-5-9-13/h3-5,8-9,14-16H,6-7,10-12H2,1-2H3/t14-,15+,16+/m1/s1. The number of carbonyl (C=O) groups is 2. The van der Waals surface area contributed by atoms with Gasteiger partial charge in [0, 0.05) is 18.7 Å². The zero-order valence-corrected chi connectivity index (χ0v) is 13.8. The summed E-state index contributed by atoms with van der Waals surface area (Å²) in [5.41, 5.74) is 0.650. The summed E-state index contributed by atoms with van der Waals surface area (Å²) in [5, 5.41) is 1.24. The van der Waals surface area contributed by atoms with Gasteiger partial charge in [-0.15, -0.1) is 0 Å². The molecule has 0 N–H and O–H groups in total. The van der Waals surface area contributed by atoms with E-state index in [2.05, 4.69) is 0 Å². The molecule has 0 bridgehead atoms. The molecule has 1 aliphatic carbocycles. The predicted molar refractivity (Wildman–Crippen MR) is 86.5 cm³/mol. The van der Waals surface area contributed by atoms with E-state index in [1.54, 1.807) is 7.05 Å². The van der Waals surface area contributed by atoms with Gasteiger partial charge < -0.3 is 4.90 Å². The van der Waals surface area contributed by atoms with Gasteiger partial charge in [-0.2, -0.15) is 0 Å². The third-order valence-corrected chi connectivity index (χ3v) is 5.21. The first-order valence-corrected chi connectivity index (χ1v) is 8.33. The summed E-state index contributed by atoms with van der Waals surface area (Å²) in [6.45, 7) is 0. The van der Waals surface area contributed by atoms with Crippen LogP contribution in [0.25, 0.3) is 0 Å². The molecule has 1 aromatic carbocycles. The van der Waals surface area contributed by atoms with Crippen LogP contribution in [0.1, 0.15) is 42.5 Å². The maximum absolute atomic E-state index is 13.0. The quantitative estimate of drug-likeness (QED) is 0.805. The van der Waals surface area contributed by atoms with Gasteiger partial charge in [0.25, 0.3) is 11.8 Å². The smallest absolute Gasteiger partial charge is 0.268 e. The van der Waals surface area contributed by atoms with Gasteiger partial charge in [0.1, 0.15) is 6.04 Å². The molecule has 0 aromatic heterocycles. The first-order chi connectivity index (χ1) is 11.1. The van der Waals surface area contributed by atoms with Gasteiger partial charge in [0.05, 0.1) is 7.11 Å². The fourth-order valence-corrected chi connectivity index (χ4v) is 4.00. The molecule has 3 atom stereocenters. The molecule has 2 fully saturated rings. The molecule has 0 radical (unpaired) electrons. The van der Waals surface area contributed by atoms with Gasteiger partial charge in [-0.1, -0.05) is 31.0 Å². The summed E-state index contributed by atoms with van der Waals surface area (Å²) in [6.07, 6.45) is 5.15. The molecule has 124 valence electrons. The molecule has 1 saturated heterocycles. The van der Waals surface area contributed by atoms with Crippen LogP contribution in [-0.2, 0) is 9.63 Å². The first kappa shape index (κ1) is 16.0. The minimum atomic E-state index is -0.416. The highest BCUT2D eigenvalue weighted by atomic mass is 16.7. The highest BCUT2D eigenvalue weighted by molar-refractivity contribution is 5.98. The second kappa shape index (κ2) is 6.71. The van der Waals surface area contributed by atoms with E-state index in [1.165, 1.54) is 18.6 Å². The molecule has 1 heterocycles. The Hall–Kier alpha value is -1.88. The van der Waals surface area contributed by atoms with Crippen molar-refractivity contribution in [2.75, 3.05) is 14.2 Å². The van der Waals surface area contributed by atoms with Gasteiger partial charge in [-0.25, -0.2) is 5.06 Å². The fraction of sp³-hybridized carbons (Fsp3) is 0.556. The van der Waals surface area contributed by atoms with Crippen molar-refractivity contribution in [1.82, 2.24) is 9.96 Å². The summed E-state index contributed by atoms with van der Waals surface area (Å²) < 4.78 is 0.